The van der Waals surface area contributed by atoms with Crippen molar-refractivity contribution < 1.29 is 18.3 Å². The Morgan fingerprint density at radius 2 is 2.00 bits per heavy atom. The molecule has 0 spiro atoms. The molecule has 0 amide bonds. The molecule has 6 heteroatoms. The summed E-state index contributed by atoms with van der Waals surface area (Å²) >= 11 is 1.35. The highest BCUT2D eigenvalue weighted by molar-refractivity contribution is 8.02. The Morgan fingerprint density at radius 1 is 1.24 bits per heavy atom. The highest BCUT2D eigenvalue weighted by Gasteiger charge is 2.11. The summed E-state index contributed by atoms with van der Waals surface area (Å²) in [6, 6.07) is 10.6. The number of allylic oxidation sites excluding steroid dienone is 1. The minimum absolute atomic E-state index is 0.153. The molecule has 0 aliphatic heterocycles. The molecule has 0 heterocycles. The van der Waals surface area contributed by atoms with Gasteiger partial charge in [0.25, 0.3) is 0 Å². The van der Waals surface area contributed by atoms with Gasteiger partial charge in [0.2, 0.25) is 0 Å². The first-order chi connectivity index (χ1) is 12.0. The molecular weight excluding hydrogens is 344 g/mol. The first kappa shape index (κ1) is 19.0. The Morgan fingerprint density at radius 3 is 2.68 bits per heavy atom. The number of ketones is 1. The molecule has 0 saturated carbocycles. The van der Waals surface area contributed by atoms with Crippen molar-refractivity contribution in [2.24, 2.45) is 0 Å². The predicted octanol–water partition coefficient (Wildman–Crippen LogP) is 4.19. The van der Waals surface area contributed by atoms with Crippen LogP contribution in [-0.4, -0.2) is 25.7 Å². The Hall–Kier alpha value is -2.34. The van der Waals surface area contributed by atoms with Gasteiger partial charge in [-0.2, -0.15) is 0 Å². The molecule has 1 N–H and O–H groups in total. The summed E-state index contributed by atoms with van der Waals surface area (Å²) in [5.74, 6) is -1.27. The molecule has 2 rings (SSSR count). The fourth-order valence-electron chi connectivity index (χ4n) is 2.30. The van der Waals surface area contributed by atoms with E-state index in [9.17, 15) is 13.6 Å². The summed E-state index contributed by atoms with van der Waals surface area (Å²) in [5.41, 5.74) is 0.897. The molecule has 0 aromatic heterocycles. The van der Waals surface area contributed by atoms with Crippen LogP contribution in [0.1, 0.15) is 15.9 Å². The average molecular weight is 363 g/mol. The van der Waals surface area contributed by atoms with E-state index in [0.717, 1.165) is 23.4 Å². The summed E-state index contributed by atoms with van der Waals surface area (Å²) in [4.78, 5) is 12.2. The number of carbonyl (C=O) groups is 1. The van der Waals surface area contributed by atoms with Crippen LogP contribution in [0.5, 0.6) is 5.75 Å². The number of para-hydroxylation sites is 1. The van der Waals surface area contributed by atoms with Gasteiger partial charge in [0.05, 0.1) is 17.7 Å². The number of hydrogen-bond acceptors (Lipinski definition) is 4. The van der Waals surface area contributed by atoms with E-state index in [4.69, 9.17) is 4.74 Å². The van der Waals surface area contributed by atoms with E-state index in [-0.39, 0.29) is 5.56 Å². The number of halogens is 2. The summed E-state index contributed by atoms with van der Waals surface area (Å²) in [7, 11) is 1.62. The van der Waals surface area contributed by atoms with Crippen LogP contribution in [-0.2, 0) is 6.42 Å². The van der Waals surface area contributed by atoms with Gasteiger partial charge in [-0.3, -0.25) is 4.79 Å². The van der Waals surface area contributed by atoms with Gasteiger partial charge < -0.3 is 10.1 Å². The van der Waals surface area contributed by atoms with E-state index in [1.165, 1.54) is 17.8 Å². The Labute approximate surface area is 150 Å². The molecule has 0 radical (unpaired) electrons. The number of rotatable bonds is 8. The third-order valence-electron chi connectivity index (χ3n) is 3.56. The van der Waals surface area contributed by atoms with Gasteiger partial charge in [-0.05, 0) is 36.4 Å². The van der Waals surface area contributed by atoms with Gasteiger partial charge in [-0.1, -0.05) is 18.2 Å². The number of methoxy groups -OCH3 is 1. The van der Waals surface area contributed by atoms with Crippen LogP contribution < -0.4 is 10.1 Å². The van der Waals surface area contributed by atoms with Crippen molar-refractivity contribution in [3.05, 3.63) is 76.3 Å². The molecule has 0 unspecified atom stereocenters. The maximum atomic E-state index is 13.7. The van der Waals surface area contributed by atoms with Gasteiger partial charge in [-0.25, -0.2) is 8.78 Å². The molecule has 0 saturated heterocycles. The van der Waals surface area contributed by atoms with Crippen molar-refractivity contribution in [3.63, 3.8) is 0 Å². The Balaban J connectivity index is 2.01. The van der Waals surface area contributed by atoms with Gasteiger partial charge in [0, 0.05) is 18.7 Å². The monoisotopic (exact) mass is 363 g/mol. The normalized spacial score (nSPS) is 11.3. The molecule has 0 fully saturated rings. The highest BCUT2D eigenvalue weighted by Crippen LogP contribution is 2.18. The van der Waals surface area contributed by atoms with Gasteiger partial charge >= 0.3 is 0 Å². The van der Waals surface area contributed by atoms with Crippen LogP contribution in [0.4, 0.5) is 8.78 Å². The zero-order valence-corrected chi connectivity index (χ0v) is 14.8. The minimum Gasteiger partial charge on any atom is -0.496 e. The lowest BCUT2D eigenvalue weighted by molar-refractivity contribution is 0.104. The number of nitrogens with one attached hydrogen (secondary N) is 1. The summed E-state index contributed by atoms with van der Waals surface area (Å²) in [6.07, 6.45) is 3.85. The zero-order chi connectivity index (χ0) is 18.2. The van der Waals surface area contributed by atoms with Crippen LogP contribution in [0, 0.1) is 11.6 Å². The maximum absolute atomic E-state index is 13.7. The molecule has 0 atom stereocenters. The van der Waals surface area contributed by atoms with E-state index in [0.29, 0.717) is 24.1 Å². The summed E-state index contributed by atoms with van der Waals surface area (Å²) in [5, 5.41) is 3.77. The first-order valence-corrected chi connectivity index (χ1v) is 8.88. The van der Waals surface area contributed by atoms with Crippen LogP contribution in [0.15, 0.2) is 53.6 Å². The number of benzene rings is 2. The number of thioether (sulfide) groups is 1. The van der Waals surface area contributed by atoms with E-state index < -0.39 is 17.4 Å². The highest BCUT2D eigenvalue weighted by atomic mass is 32.2. The molecular formula is C19H19F2NO2S. The van der Waals surface area contributed by atoms with Gasteiger partial charge in [0.15, 0.2) is 5.78 Å². The first-order valence-electron chi connectivity index (χ1n) is 7.66. The molecule has 0 bridgehead atoms. The lowest BCUT2D eigenvalue weighted by Gasteiger charge is -2.11. The molecule has 0 aliphatic carbocycles. The van der Waals surface area contributed by atoms with Crippen molar-refractivity contribution in [1.29, 1.82) is 0 Å². The Kier molecular flexibility index (Phi) is 7.01. The van der Waals surface area contributed by atoms with Crippen LogP contribution in [0.2, 0.25) is 0 Å². The average Bonchev–Trinajstić information content (AvgIpc) is 2.61. The zero-order valence-electron chi connectivity index (χ0n) is 14.0. The van der Waals surface area contributed by atoms with Crippen molar-refractivity contribution >= 4 is 17.5 Å². The molecule has 0 aliphatic rings. The fraction of sp³-hybridized carbons (Fsp3) is 0.211. The number of ether oxygens (including phenoxy) is 1. The molecule has 2 aromatic carbocycles. The fourth-order valence-corrected chi connectivity index (χ4v) is 2.77. The second-order valence-corrected chi connectivity index (χ2v) is 6.04. The molecule has 3 nitrogen and oxygen atoms in total. The van der Waals surface area contributed by atoms with E-state index in [1.54, 1.807) is 7.11 Å². The van der Waals surface area contributed by atoms with E-state index >= 15 is 0 Å². The summed E-state index contributed by atoms with van der Waals surface area (Å²) in [6.45, 7) is 0.590. The van der Waals surface area contributed by atoms with E-state index in [1.807, 2.05) is 30.5 Å². The second kappa shape index (κ2) is 9.22. The van der Waals surface area contributed by atoms with Crippen molar-refractivity contribution in [1.82, 2.24) is 5.32 Å². The van der Waals surface area contributed by atoms with Crippen molar-refractivity contribution in [2.75, 3.05) is 19.9 Å². The molecule has 25 heavy (non-hydrogen) atoms. The van der Waals surface area contributed by atoms with Crippen molar-refractivity contribution in [2.45, 2.75) is 6.42 Å². The quantitative estimate of drug-likeness (QED) is 0.564. The molecule has 2 aromatic rings. The molecule has 132 valence electrons. The third-order valence-corrected chi connectivity index (χ3v) is 4.27. The third kappa shape index (κ3) is 5.32. The van der Waals surface area contributed by atoms with Gasteiger partial charge in [0.1, 0.15) is 17.4 Å². The lowest BCUT2D eigenvalue weighted by atomic mass is 10.1. The Bertz CT molecular complexity index is 778. The lowest BCUT2D eigenvalue weighted by Crippen LogP contribution is -2.16. The van der Waals surface area contributed by atoms with Crippen LogP contribution in [0.3, 0.4) is 0 Å². The van der Waals surface area contributed by atoms with Crippen molar-refractivity contribution in [3.8, 4) is 5.75 Å². The minimum atomic E-state index is -0.865. The maximum Gasteiger partial charge on any atom is 0.191 e. The van der Waals surface area contributed by atoms with E-state index in [2.05, 4.69) is 5.32 Å². The SMILES string of the molecule is COc1ccccc1CCNC(=CC(=O)c1ccc(F)cc1F)SC. The number of hydrogen-bond donors (Lipinski definition) is 1. The smallest absolute Gasteiger partial charge is 0.191 e. The summed E-state index contributed by atoms with van der Waals surface area (Å²) < 4.78 is 31.9. The van der Waals surface area contributed by atoms with Gasteiger partial charge in [-0.15, -0.1) is 11.8 Å². The largest absolute Gasteiger partial charge is 0.496 e. The topological polar surface area (TPSA) is 38.3 Å². The standard InChI is InChI=1S/C19H19F2NO2S/c1-24-18-6-4-3-5-13(18)9-10-22-19(25-2)12-17(23)15-8-7-14(20)11-16(15)21/h3-8,11-12,22H,9-10H2,1-2H3. The van der Waals surface area contributed by atoms with Crippen LogP contribution >= 0.6 is 11.8 Å². The van der Waals surface area contributed by atoms with Crippen LogP contribution in [0.25, 0.3) is 0 Å². The second-order valence-electron chi connectivity index (χ2n) is 5.19. The predicted molar refractivity (Wildman–Crippen MR) is 97.0 cm³/mol. The number of carbonyl (C=O) groups excluding carboxylic acids is 1.